The molecule has 1 amide bonds. The van der Waals surface area contributed by atoms with Crippen LogP contribution in [0, 0.1) is 5.92 Å². The fourth-order valence-electron chi connectivity index (χ4n) is 5.43. The zero-order valence-electron chi connectivity index (χ0n) is 24.6. The molecular formula is C31H37F2N9O. The maximum atomic E-state index is 12.6. The summed E-state index contributed by atoms with van der Waals surface area (Å²) in [5.41, 5.74) is 4.00. The number of anilines is 2. The van der Waals surface area contributed by atoms with Crippen LogP contribution in [0.2, 0.25) is 0 Å². The second-order valence-electron chi connectivity index (χ2n) is 11.0. The van der Waals surface area contributed by atoms with E-state index < -0.39 is 6.43 Å². The number of likely N-dealkylation sites (tertiary alicyclic amines) is 1. The smallest absolute Gasteiger partial charge is 0.251 e. The predicted molar refractivity (Wildman–Crippen MR) is 163 cm³/mol. The highest BCUT2D eigenvalue weighted by atomic mass is 19.3. The summed E-state index contributed by atoms with van der Waals surface area (Å²) in [7, 11) is 1.63. The molecule has 1 saturated heterocycles. The van der Waals surface area contributed by atoms with E-state index >= 15 is 0 Å². The van der Waals surface area contributed by atoms with Gasteiger partial charge in [-0.3, -0.25) is 14.7 Å². The largest absolute Gasteiger partial charge is 0.370 e. The minimum absolute atomic E-state index is 0.131. The molecule has 5 rings (SSSR count). The van der Waals surface area contributed by atoms with Crippen molar-refractivity contribution >= 4 is 28.6 Å². The van der Waals surface area contributed by atoms with Gasteiger partial charge in [0.2, 0.25) is 5.95 Å². The van der Waals surface area contributed by atoms with Crippen molar-refractivity contribution in [3.8, 4) is 11.3 Å². The van der Waals surface area contributed by atoms with E-state index in [1.807, 2.05) is 18.2 Å². The third kappa shape index (κ3) is 7.37. The van der Waals surface area contributed by atoms with Crippen molar-refractivity contribution in [3.05, 3.63) is 66.4 Å². The fourth-order valence-corrected chi connectivity index (χ4v) is 5.43. The van der Waals surface area contributed by atoms with Gasteiger partial charge in [-0.2, -0.15) is 0 Å². The van der Waals surface area contributed by atoms with Gasteiger partial charge in [-0.15, -0.1) is 0 Å². The van der Waals surface area contributed by atoms with Crippen molar-refractivity contribution in [2.45, 2.75) is 45.1 Å². The standard InChI is InChI=1S/C31H37F2N9O/c1-19(20(2)23-5-4-6-24-25(30(43)34-3)7-10-35-29(23)24)14-36-28-13-26(39-18-40-28)21-15-37-31(38-16-21)41-22-8-11-42(12-9-22)17-27(32)33/h4-7,10,13,15-16,18-20,22,27H,8-9,11-12,14,17H2,1-3H3,(H,34,43)(H,36,39,40)(H,37,38,41). The monoisotopic (exact) mass is 589 g/mol. The Morgan fingerprint density at radius 2 is 1.81 bits per heavy atom. The molecule has 4 aromatic rings. The number of nitrogens with zero attached hydrogens (tertiary/aromatic N) is 6. The Kier molecular flexibility index (Phi) is 9.65. The van der Waals surface area contributed by atoms with E-state index in [4.69, 9.17) is 0 Å². The third-order valence-electron chi connectivity index (χ3n) is 8.15. The summed E-state index contributed by atoms with van der Waals surface area (Å²) in [5.74, 6) is 1.46. The van der Waals surface area contributed by atoms with E-state index in [1.54, 1.807) is 36.6 Å². The van der Waals surface area contributed by atoms with E-state index in [9.17, 15) is 13.6 Å². The molecule has 1 aliphatic rings. The number of carbonyl (C=O) groups is 1. The van der Waals surface area contributed by atoms with Crippen molar-refractivity contribution < 1.29 is 13.6 Å². The second-order valence-corrected chi connectivity index (χ2v) is 11.0. The summed E-state index contributed by atoms with van der Waals surface area (Å²) < 4.78 is 25.3. The molecule has 10 nitrogen and oxygen atoms in total. The second kappa shape index (κ2) is 13.8. The zero-order valence-corrected chi connectivity index (χ0v) is 24.6. The number of rotatable bonds is 11. The molecular weight excluding hydrogens is 552 g/mol. The van der Waals surface area contributed by atoms with Crippen molar-refractivity contribution in [3.63, 3.8) is 0 Å². The summed E-state index contributed by atoms with van der Waals surface area (Å²) in [4.78, 5) is 36.5. The number of para-hydroxylation sites is 1. The van der Waals surface area contributed by atoms with E-state index in [1.165, 1.54) is 6.33 Å². The fraction of sp³-hybridized carbons (Fsp3) is 0.419. The van der Waals surface area contributed by atoms with Gasteiger partial charge in [-0.05, 0) is 36.3 Å². The molecule has 0 saturated carbocycles. The van der Waals surface area contributed by atoms with Crippen molar-refractivity contribution in [2.75, 3.05) is 43.9 Å². The van der Waals surface area contributed by atoms with E-state index in [0.717, 1.165) is 34.9 Å². The van der Waals surface area contributed by atoms with Gasteiger partial charge >= 0.3 is 0 Å². The molecule has 2 atom stereocenters. The number of hydrogen-bond donors (Lipinski definition) is 3. The van der Waals surface area contributed by atoms with Crippen LogP contribution in [0.5, 0.6) is 0 Å². The average molecular weight is 590 g/mol. The Bertz CT molecular complexity index is 1530. The molecule has 3 aromatic heterocycles. The minimum atomic E-state index is -2.30. The van der Waals surface area contributed by atoms with Crippen molar-refractivity contribution in [1.29, 1.82) is 0 Å². The highest BCUT2D eigenvalue weighted by Crippen LogP contribution is 2.31. The lowest BCUT2D eigenvalue weighted by atomic mass is 9.87. The van der Waals surface area contributed by atoms with Crippen LogP contribution >= 0.6 is 0 Å². The lowest BCUT2D eigenvalue weighted by Crippen LogP contribution is -2.41. The van der Waals surface area contributed by atoms with Crippen molar-refractivity contribution in [2.24, 2.45) is 5.92 Å². The van der Waals surface area contributed by atoms with Crippen LogP contribution in [-0.2, 0) is 0 Å². The van der Waals surface area contributed by atoms with Gasteiger partial charge in [0.25, 0.3) is 12.3 Å². The SMILES string of the molecule is CNC(=O)c1ccnc2c(C(C)C(C)CNc3cc(-c4cnc(NC5CCN(CC(F)F)CC5)nc4)ncn3)cccc12. The van der Waals surface area contributed by atoms with Gasteiger partial charge < -0.3 is 16.0 Å². The molecule has 0 spiro atoms. The maximum absolute atomic E-state index is 12.6. The summed E-state index contributed by atoms with van der Waals surface area (Å²) in [6.07, 6.45) is 5.87. The van der Waals surface area contributed by atoms with Crippen LogP contribution in [-0.4, -0.2) is 81.4 Å². The molecule has 12 heteroatoms. The minimum Gasteiger partial charge on any atom is -0.370 e. The molecule has 3 N–H and O–H groups in total. The van der Waals surface area contributed by atoms with Gasteiger partial charge in [0.15, 0.2) is 0 Å². The van der Waals surface area contributed by atoms with Crippen LogP contribution in [0.15, 0.2) is 55.2 Å². The van der Waals surface area contributed by atoms with Crippen LogP contribution < -0.4 is 16.0 Å². The average Bonchev–Trinajstić information content (AvgIpc) is 3.03. The molecule has 0 aliphatic carbocycles. The first-order valence-corrected chi connectivity index (χ1v) is 14.6. The first-order valence-electron chi connectivity index (χ1n) is 14.6. The summed E-state index contributed by atoms with van der Waals surface area (Å²) in [5, 5.41) is 10.3. The number of nitrogens with one attached hydrogen (secondary N) is 3. The molecule has 2 unspecified atom stereocenters. The van der Waals surface area contributed by atoms with Gasteiger partial charge in [-0.1, -0.05) is 32.0 Å². The molecule has 0 bridgehead atoms. The molecule has 1 aromatic carbocycles. The molecule has 1 aliphatic heterocycles. The Balaban J connectivity index is 1.19. The number of amides is 1. The summed E-state index contributed by atoms with van der Waals surface area (Å²) >= 11 is 0. The normalized spacial score (nSPS) is 15.8. The number of hydrogen-bond acceptors (Lipinski definition) is 9. The zero-order chi connectivity index (χ0) is 30.3. The number of halogens is 2. The maximum Gasteiger partial charge on any atom is 0.251 e. The van der Waals surface area contributed by atoms with Crippen LogP contribution in [0.1, 0.15) is 48.5 Å². The van der Waals surface area contributed by atoms with Crippen molar-refractivity contribution in [1.82, 2.24) is 35.1 Å². The lowest BCUT2D eigenvalue weighted by Gasteiger charge is -2.31. The first-order chi connectivity index (χ1) is 20.8. The quantitative estimate of drug-likeness (QED) is 0.226. The number of carbonyl (C=O) groups excluding carboxylic acids is 1. The topological polar surface area (TPSA) is 121 Å². The Labute approximate surface area is 249 Å². The number of fused-ring (bicyclic) bond motifs is 1. The third-order valence-corrected chi connectivity index (χ3v) is 8.15. The summed E-state index contributed by atoms with van der Waals surface area (Å²) in [6, 6.07) is 9.75. The number of benzene rings is 1. The van der Waals surface area contributed by atoms with Gasteiger partial charge in [0.1, 0.15) is 12.1 Å². The van der Waals surface area contributed by atoms with E-state index in [-0.39, 0.29) is 30.3 Å². The number of aromatic nitrogens is 5. The van der Waals surface area contributed by atoms with Crippen LogP contribution in [0.3, 0.4) is 0 Å². The summed E-state index contributed by atoms with van der Waals surface area (Å²) in [6.45, 7) is 6.09. The Morgan fingerprint density at radius 1 is 1.05 bits per heavy atom. The van der Waals surface area contributed by atoms with Crippen LogP contribution in [0.25, 0.3) is 22.2 Å². The van der Waals surface area contributed by atoms with Gasteiger partial charge in [-0.25, -0.2) is 28.7 Å². The van der Waals surface area contributed by atoms with Gasteiger partial charge in [0, 0.05) is 68.3 Å². The molecule has 1 fully saturated rings. The number of pyridine rings is 1. The first kappa shape index (κ1) is 30.1. The number of alkyl halides is 2. The molecule has 43 heavy (non-hydrogen) atoms. The predicted octanol–water partition coefficient (Wildman–Crippen LogP) is 4.83. The molecule has 0 radical (unpaired) electrons. The van der Waals surface area contributed by atoms with E-state index in [2.05, 4.69) is 60.8 Å². The highest BCUT2D eigenvalue weighted by molar-refractivity contribution is 6.06. The molecule has 4 heterocycles. The Hall–Kier alpha value is -4.32. The van der Waals surface area contributed by atoms with Gasteiger partial charge in [0.05, 0.1) is 23.3 Å². The number of piperidine rings is 1. The lowest BCUT2D eigenvalue weighted by molar-refractivity contribution is 0.0769. The Morgan fingerprint density at radius 3 is 2.53 bits per heavy atom. The molecule has 226 valence electrons. The van der Waals surface area contributed by atoms with Crippen LogP contribution in [0.4, 0.5) is 20.5 Å². The highest BCUT2D eigenvalue weighted by Gasteiger charge is 2.22. The van der Waals surface area contributed by atoms with E-state index in [0.29, 0.717) is 42.7 Å².